The summed E-state index contributed by atoms with van der Waals surface area (Å²) in [5.74, 6) is 1.61. The van der Waals surface area contributed by atoms with Gasteiger partial charge in [0.15, 0.2) is 0 Å². The Morgan fingerprint density at radius 2 is 2.06 bits per heavy atom. The van der Waals surface area contributed by atoms with E-state index < -0.39 is 0 Å². The Labute approximate surface area is 118 Å². The molecular formula is C15H22BrNO. The first-order valence-electron chi connectivity index (χ1n) is 6.51. The maximum Gasteiger partial charge on any atom is 0.142 e. The minimum atomic E-state index is 0.441. The van der Waals surface area contributed by atoms with Crippen molar-refractivity contribution >= 4 is 21.6 Å². The van der Waals surface area contributed by atoms with Crippen molar-refractivity contribution in [2.24, 2.45) is 11.3 Å². The first-order chi connectivity index (χ1) is 8.41. The molecule has 0 aromatic heterocycles. The lowest BCUT2D eigenvalue weighted by atomic mass is 9.91. The summed E-state index contributed by atoms with van der Waals surface area (Å²) in [7, 11) is 1.72. The van der Waals surface area contributed by atoms with Crippen LogP contribution in [0.5, 0.6) is 5.75 Å². The Balaban J connectivity index is 2.17. The van der Waals surface area contributed by atoms with Crippen LogP contribution in [-0.4, -0.2) is 13.2 Å². The summed E-state index contributed by atoms with van der Waals surface area (Å²) in [6.07, 6.45) is 2.49. The van der Waals surface area contributed by atoms with E-state index in [4.69, 9.17) is 4.74 Å². The van der Waals surface area contributed by atoms with Gasteiger partial charge in [0.1, 0.15) is 5.75 Å². The van der Waals surface area contributed by atoms with Gasteiger partial charge in [-0.15, -0.1) is 0 Å². The van der Waals surface area contributed by atoms with E-state index in [0.29, 0.717) is 17.4 Å². The molecule has 0 spiro atoms. The number of hydrogen-bond acceptors (Lipinski definition) is 2. The van der Waals surface area contributed by atoms with Gasteiger partial charge in [-0.1, -0.05) is 36.7 Å². The van der Waals surface area contributed by atoms with Gasteiger partial charge in [0.05, 0.1) is 12.8 Å². The quantitative estimate of drug-likeness (QED) is 0.874. The Kier molecular flexibility index (Phi) is 3.90. The first-order valence-corrected chi connectivity index (χ1v) is 7.31. The highest BCUT2D eigenvalue weighted by molar-refractivity contribution is 9.10. The molecular weight excluding hydrogens is 290 g/mol. The normalized spacial score (nSPS) is 26.1. The molecule has 0 heterocycles. The lowest BCUT2D eigenvalue weighted by molar-refractivity contribution is 0.366. The molecule has 0 radical (unpaired) electrons. The van der Waals surface area contributed by atoms with Gasteiger partial charge in [0.25, 0.3) is 0 Å². The highest BCUT2D eigenvalue weighted by atomic mass is 79.9. The molecule has 1 saturated carbocycles. The summed E-state index contributed by atoms with van der Waals surface area (Å²) in [6, 6.07) is 6.63. The van der Waals surface area contributed by atoms with Crippen LogP contribution in [0.4, 0.5) is 5.69 Å². The molecule has 0 amide bonds. The predicted octanol–water partition coefficient (Wildman–Crippen LogP) is 4.69. The van der Waals surface area contributed by atoms with Crippen molar-refractivity contribution in [3.05, 3.63) is 22.7 Å². The van der Waals surface area contributed by atoms with Crippen molar-refractivity contribution in [1.29, 1.82) is 0 Å². The average molecular weight is 312 g/mol. The zero-order valence-corrected chi connectivity index (χ0v) is 13.2. The van der Waals surface area contributed by atoms with Crippen molar-refractivity contribution in [3.8, 4) is 5.75 Å². The monoisotopic (exact) mass is 311 g/mol. The molecule has 2 rings (SSSR count). The fourth-order valence-electron chi connectivity index (χ4n) is 3.08. The summed E-state index contributed by atoms with van der Waals surface area (Å²) in [5.41, 5.74) is 1.53. The van der Waals surface area contributed by atoms with Crippen molar-refractivity contribution in [3.63, 3.8) is 0 Å². The number of ether oxygens (including phenoxy) is 1. The standard InChI is InChI=1S/C15H22BrNO/c1-10-8-15(2,3)9-13(10)17-12-7-11(16)5-6-14(12)18-4/h5-7,10,13,17H,8-9H2,1-4H3. The van der Waals surface area contributed by atoms with Crippen LogP contribution in [0, 0.1) is 11.3 Å². The molecule has 1 fully saturated rings. The molecule has 0 aliphatic heterocycles. The summed E-state index contributed by atoms with van der Waals surface area (Å²) in [5, 5.41) is 3.65. The second-order valence-corrected chi connectivity index (χ2v) is 7.06. The Morgan fingerprint density at radius 3 is 2.61 bits per heavy atom. The van der Waals surface area contributed by atoms with Crippen LogP contribution >= 0.6 is 15.9 Å². The number of benzene rings is 1. The molecule has 0 saturated heterocycles. The minimum Gasteiger partial charge on any atom is -0.495 e. The van der Waals surface area contributed by atoms with Crippen LogP contribution < -0.4 is 10.1 Å². The van der Waals surface area contributed by atoms with E-state index >= 15 is 0 Å². The van der Waals surface area contributed by atoms with Gasteiger partial charge < -0.3 is 10.1 Å². The fourth-order valence-corrected chi connectivity index (χ4v) is 3.44. The van der Waals surface area contributed by atoms with E-state index in [2.05, 4.69) is 48.1 Å². The molecule has 0 bridgehead atoms. The number of methoxy groups -OCH3 is 1. The predicted molar refractivity (Wildman–Crippen MR) is 80.3 cm³/mol. The summed E-state index contributed by atoms with van der Waals surface area (Å²) < 4.78 is 6.49. The van der Waals surface area contributed by atoms with Gasteiger partial charge in [0.2, 0.25) is 0 Å². The Hall–Kier alpha value is -0.700. The van der Waals surface area contributed by atoms with Crippen molar-refractivity contribution in [2.45, 2.75) is 39.7 Å². The molecule has 1 N–H and O–H groups in total. The fraction of sp³-hybridized carbons (Fsp3) is 0.600. The van der Waals surface area contributed by atoms with E-state index in [-0.39, 0.29) is 0 Å². The van der Waals surface area contributed by atoms with Gasteiger partial charge >= 0.3 is 0 Å². The number of nitrogens with one attached hydrogen (secondary N) is 1. The number of halogens is 1. The number of hydrogen-bond donors (Lipinski definition) is 1. The maximum absolute atomic E-state index is 5.41. The van der Waals surface area contributed by atoms with Crippen LogP contribution in [0.25, 0.3) is 0 Å². The average Bonchev–Trinajstić information content (AvgIpc) is 2.52. The highest BCUT2D eigenvalue weighted by Crippen LogP contribution is 2.43. The van der Waals surface area contributed by atoms with Crippen molar-refractivity contribution in [1.82, 2.24) is 0 Å². The van der Waals surface area contributed by atoms with E-state index in [1.807, 2.05) is 12.1 Å². The van der Waals surface area contributed by atoms with Crippen LogP contribution in [0.1, 0.15) is 33.6 Å². The van der Waals surface area contributed by atoms with E-state index in [1.165, 1.54) is 12.8 Å². The van der Waals surface area contributed by atoms with E-state index in [1.54, 1.807) is 7.11 Å². The summed E-state index contributed by atoms with van der Waals surface area (Å²) >= 11 is 3.52. The van der Waals surface area contributed by atoms with Gasteiger partial charge in [-0.2, -0.15) is 0 Å². The minimum absolute atomic E-state index is 0.441. The summed E-state index contributed by atoms with van der Waals surface area (Å²) in [4.78, 5) is 0. The van der Waals surface area contributed by atoms with Gasteiger partial charge in [0, 0.05) is 10.5 Å². The third-order valence-electron chi connectivity index (χ3n) is 3.84. The van der Waals surface area contributed by atoms with E-state index in [0.717, 1.165) is 15.9 Å². The summed E-state index contributed by atoms with van der Waals surface area (Å²) in [6.45, 7) is 7.03. The molecule has 1 aliphatic carbocycles. The maximum atomic E-state index is 5.41. The number of rotatable bonds is 3. The third kappa shape index (κ3) is 3.00. The molecule has 1 aromatic rings. The molecule has 18 heavy (non-hydrogen) atoms. The van der Waals surface area contributed by atoms with Gasteiger partial charge in [-0.25, -0.2) is 0 Å². The first kappa shape index (κ1) is 13.7. The molecule has 2 nitrogen and oxygen atoms in total. The molecule has 2 atom stereocenters. The van der Waals surface area contributed by atoms with Crippen LogP contribution in [0.15, 0.2) is 22.7 Å². The van der Waals surface area contributed by atoms with Gasteiger partial charge in [-0.3, -0.25) is 0 Å². The molecule has 100 valence electrons. The smallest absolute Gasteiger partial charge is 0.142 e. The van der Waals surface area contributed by atoms with Gasteiger partial charge in [-0.05, 0) is 42.4 Å². The highest BCUT2D eigenvalue weighted by Gasteiger charge is 2.36. The Morgan fingerprint density at radius 1 is 1.33 bits per heavy atom. The number of anilines is 1. The topological polar surface area (TPSA) is 21.3 Å². The van der Waals surface area contributed by atoms with Crippen molar-refractivity contribution in [2.75, 3.05) is 12.4 Å². The second-order valence-electron chi connectivity index (χ2n) is 6.15. The third-order valence-corrected chi connectivity index (χ3v) is 4.33. The van der Waals surface area contributed by atoms with Crippen LogP contribution in [0.3, 0.4) is 0 Å². The molecule has 1 aromatic carbocycles. The lowest BCUT2D eigenvalue weighted by Crippen LogP contribution is -2.22. The molecule has 1 aliphatic rings. The lowest BCUT2D eigenvalue weighted by Gasteiger charge is -2.21. The zero-order chi connectivity index (χ0) is 13.3. The Bertz CT molecular complexity index is 431. The molecule has 2 unspecified atom stereocenters. The zero-order valence-electron chi connectivity index (χ0n) is 11.6. The van der Waals surface area contributed by atoms with Crippen molar-refractivity contribution < 1.29 is 4.74 Å². The largest absolute Gasteiger partial charge is 0.495 e. The molecule has 3 heteroatoms. The second kappa shape index (κ2) is 5.12. The van der Waals surface area contributed by atoms with E-state index in [9.17, 15) is 0 Å². The van der Waals surface area contributed by atoms with Crippen LogP contribution in [-0.2, 0) is 0 Å². The van der Waals surface area contributed by atoms with Crippen LogP contribution in [0.2, 0.25) is 0 Å². The SMILES string of the molecule is COc1ccc(Br)cc1NC1CC(C)(C)CC1C.